The lowest BCUT2D eigenvalue weighted by Gasteiger charge is -2.19. The highest BCUT2D eigenvalue weighted by Gasteiger charge is 2.29. The van der Waals surface area contributed by atoms with E-state index < -0.39 is 5.97 Å². The van der Waals surface area contributed by atoms with E-state index in [0.29, 0.717) is 12.8 Å². The van der Waals surface area contributed by atoms with Crippen molar-refractivity contribution in [3.63, 3.8) is 0 Å². The van der Waals surface area contributed by atoms with Gasteiger partial charge in [-0.3, -0.25) is 9.79 Å². The Morgan fingerprint density at radius 1 is 1.36 bits per heavy atom. The fraction of sp³-hybridized carbons (Fsp3) is 0.300. The zero-order chi connectivity index (χ0) is 19.3. The summed E-state index contributed by atoms with van der Waals surface area (Å²) in [7, 11) is 0. The number of thiophene rings is 1. The van der Waals surface area contributed by atoms with E-state index in [1.165, 1.54) is 11.1 Å². The Morgan fingerprint density at radius 2 is 2.25 bits per heavy atom. The number of nitrogens with one attached hydrogen (secondary N) is 1. The van der Waals surface area contributed by atoms with E-state index in [0.717, 1.165) is 50.0 Å². The lowest BCUT2D eigenvalue weighted by atomic mass is 9.88. The van der Waals surface area contributed by atoms with Crippen LogP contribution in [0.4, 0.5) is 11.5 Å². The molecule has 2 N–H and O–H groups in total. The number of thioether (sulfide) groups is 1. The van der Waals surface area contributed by atoms with Gasteiger partial charge in [-0.15, -0.1) is 23.1 Å². The Labute approximate surface area is 170 Å². The molecule has 2 aliphatic rings. The summed E-state index contributed by atoms with van der Waals surface area (Å²) in [6.07, 6.45) is 7.55. The number of benzene rings is 1. The van der Waals surface area contributed by atoms with Crippen LogP contribution >= 0.6 is 23.1 Å². The van der Waals surface area contributed by atoms with Crippen molar-refractivity contribution in [3.8, 4) is 0 Å². The van der Waals surface area contributed by atoms with Crippen LogP contribution in [0.1, 0.15) is 28.0 Å². The molecule has 1 aliphatic heterocycles. The molecule has 6 nitrogen and oxygen atoms in total. The highest BCUT2D eigenvalue weighted by atomic mass is 32.2. The molecule has 1 atom stereocenters. The third kappa shape index (κ3) is 2.87. The van der Waals surface area contributed by atoms with Gasteiger partial charge in [0.1, 0.15) is 17.0 Å². The maximum Gasteiger partial charge on any atom is 0.306 e. The first-order valence-corrected chi connectivity index (χ1v) is 11.1. The second-order valence-electron chi connectivity index (χ2n) is 7.03. The molecule has 142 valence electrons. The van der Waals surface area contributed by atoms with E-state index in [-0.39, 0.29) is 5.92 Å². The highest BCUT2D eigenvalue weighted by Crippen LogP contribution is 2.41. The van der Waals surface area contributed by atoms with Gasteiger partial charge in [0.15, 0.2) is 0 Å². The number of nitrogens with zero attached hydrogens (tertiary/aromatic N) is 3. The third-order valence-electron chi connectivity index (χ3n) is 5.40. The van der Waals surface area contributed by atoms with Crippen LogP contribution in [-0.2, 0) is 24.2 Å². The molecule has 5 rings (SSSR count). The minimum absolute atomic E-state index is 0.302. The number of carbonyl (C=O) groups is 1. The molecule has 3 aromatic rings. The Balaban J connectivity index is 1.58. The summed E-state index contributed by atoms with van der Waals surface area (Å²) in [5.41, 5.74) is 4.60. The topological polar surface area (TPSA) is 87.5 Å². The number of rotatable bonds is 4. The predicted molar refractivity (Wildman–Crippen MR) is 113 cm³/mol. The Hall–Kier alpha value is -2.45. The smallest absolute Gasteiger partial charge is 0.306 e. The van der Waals surface area contributed by atoms with Crippen LogP contribution in [0.25, 0.3) is 10.2 Å². The number of aliphatic imine (C=N–C) groups is 1. The van der Waals surface area contributed by atoms with Crippen LogP contribution in [0.3, 0.4) is 0 Å². The summed E-state index contributed by atoms with van der Waals surface area (Å²) in [6, 6.07) is 4.32. The van der Waals surface area contributed by atoms with Crippen molar-refractivity contribution in [1.29, 1.82) is 0 Å². The standard InChI is InChI=1S/C20H18N4O2S2/c1-27-16-6-12-8-21-7-11(12)4-14(16)24-18-17-13-3-2-10(20(25)26)5-15(13)28-19(17)23-9-22-18/h4,6-7,9-10H,2-3,5,8H2,1H3,(H,25,26)(H,22,23,24)/t10-/m0/s1. The van der Waals surface area contributed by atoms with Gasteiger partial charge in [0, 0.05) is 16.0 Å². The number of hydrogen-bond acceptors (Lipinski definition) is 7. The van der Waals surface area contributed by atoms with Crippen molar-refractivity contribution in [2.45, 2.75) is 30.7 Å². The van der Waals surface area contributed by atoms with E-state index in [2.05, 4.69) is 38.7 Å². The Morgan fingerprint density at radius 3 is 3.07 bits per heavy atom. The van der Waals surface area contributed by atoms with Gasteiger partial charge in [-0.25, -0.2) is 9.97 Å². The molecule has 0 bridgehead atoms. The average molecular weight is 411 g/mol. The molecule has 0 spiro atoms. The highest BCUT2D eigenvalue weighted by molar-refractivity contribution is 7.98. The molecule has 1 aliphatic carbocycles. The van der Waals surface area contributed by atoms with E-state index in [4.69, 9.17) is 0 Å². The number of aliphatic carboxylic acids is 1. The van der Waals surface area contributed by atoms with Gasteiger partial charge in [-0.05, 0) is 54.3 Å². The SMILES string of the molecule is CSc1cc2c(cc1Nc1ncnc3sc4c(c13)CC[C@H](C(=O)O)C4)C=NC2. The first-order valence-electron chi connectivity index (χ1n) is 9.10. The van der Waals surface area contributed by atoms with Crippen LogP contribution in [0, 0.1) is 5.92 Å². The number of carboxylic acids is 1. The van der Waals surface area contributed by atoms with Crippen LogP contribution in [0.15, 0.2) is 28.3 Å². The van der Waals surface area contributed by atoms with Gasteiger partial charge in [-0.1, -0.05) is 0 Å². The minimum atomic E-state index is -0.711. The molecule has 1 aromatic carbocycles. The van der Waals surface area contributed by atoms with Gasteiger partial charge >= 0.3 is 5.97 Å². The quantitative estimate of drug-likeness (QED) is 0.624. The van der Waals surface area contributed by atoms with Gasteiger partial charge < -0.3 is 10.4 Å². The monoisotopic (exact) mass is 410 g/mol. The second kappa shape index (κ2) is 6.86. The van der Waals surface area contributed by atoms with E-state index in [9.17, 15) is 9.90 Å². The number of fused-ring (bicyclic) bond motifs is 4. The number of aryl methyl sites for hydroxylation is 1. The normalized spacial score (nSPS) is 17.5. The van der Waals surface area contributed by atoms with Crippen LogP contribution < -0.4 is 5.32 Å². The number of aromatic nitrogens is 2. The lowest BCUT2D eigenvalue weighted by molar-refractivity contribution is -0.142. The number of anilines is 2. The molecular formula is C20H18N4O2S2. The van der Waals surface area contributed by atoms with Gasteiger partial charge in [0.2, 0.25) is 0 Å². The predicted octanol–water partition coefficient (Wildman–Crippen LogP) is 4.28. The Kier molecular flexibility index (Phi) is 4.32. The molecule has 3 heterocycles. The maximum absolute atomic E-state index is 11.4. The van der Waals surface area contributed by atoms with Crippen molar-refractivity contribution in [2.75, 3.05) is 11.6 Å². The molecule has 8 heteroatoms. The lowest BCUT2D eigenvalue weighted by Crippen LogP contribution is -2.21. The van der Waals surface area contributed by atoms with Crippen molar-refractivity contribution >= 4 is 57.0 Å². The number of carboxylic acid groups (broad SMARTS) is 1. The Bertz CT molecular complexity index is 1140. The molecule has 28 heavy (non-hydrogen) atoms. The summed E-state index contributed by atoms with van der Waals surface area (Å²) in [4.78, 5) is 28.0. The summed E-state index contributed by atoms with van der Waals surface area (Å²) >= 11 is 3.29. The second-order valence-corrected chi connectivity index (χ2v) is 8.96. The van der Waals surface area contributed by atoms with E-state index in [1.54, 1.807) is 29.4 Å². The fourth-order valence-electron chi connectivity index (χ4n) is 3.95. The zero-order valence-corrected chi connectivity index (χ0v) is 16.9. The minimum Gasteiger partial charge on any atom is -0.481 e. The van der Waals surface area contributed by atoms with Crippen molar-refractivity contribution in [1.82, 2.24) is 9.97 Å². The zero-order valence-electron chi connectivity index (χ0n) is 15.2. The van der Waals surface area contributed by atoms with Crippen LogP contribution in [0.5, 0.6) is 0 Å². The fourth-order valence-corrected chi connectivity index (χ4v) is 5.81. The molecular weight excluding hydrogens is 392 g/mol. The maximum atomic E-state index is 11.4. The molecule has 0 radical (unpaired) electrons. The number of hydrogen-bond donors (Lipinski definition) is 2. The van der Waals surface area contributed by atoms with Gasteiger partial charge in [0.05, 0.1) is 23.5 Å². The van der Waals surface area contributed by atoms with E-state index >= 15 is 0 Å². The van der Waals surface area contributed by atoms with Crippen LogP contribution in [-0.4, -0.2) is 33.5 Å². The molecule has 0 saturated heterocycles. The molecule has 2 aromatic heterocycles. The third-order valence-corrected chi connectivity index (χ3v) is 7.34. The molecule has 0 amide bonds. The average Bonchev–Trinajstić information content (AvgIpc) is 3.30. The van der Waals surface area contributed by atoms with Gasteiger partial charge in [0.25, 0.3) is 0 Å². The van der Waals surface area contributed by atoms with Crippen molar-refractivity contribution in [2.24, 2.45) is 10.9 Å². The summed E-state index contributed by atoms with van der Waals surface area (Å²) in [6.45, 7) is 0.740. The summed E-state index contributed by atoms with van der Waals surface area (Å²) < 4.78 is 0. The summed E-state index contributed by atoms with van der Waals surface area (Å²) in [5.74, 6) is -0.220. The van der Waals surface area contributed by atoms with E-state index in [1.807, 2.05) is 6.21 Å². The van der Waals surface area contributed by atoms with Crippen LogP contribution in [0.2, 0.25) is 0 Å². The first-order chi connectivity index (χ1) is 13.6. The molecule has 0 saturated carbocycles. The first kappa shape index (κ1) is 17.6. The van der Waals surface area contributed by atoms with Crippen molar-refractivity contribution in [3.05, 3.63) is 40.0 Å². The molecule has 0 unspecified atom stereocenters. The summed E-state index contributed by atoms with van der Waals surface area (Å²) in [5, 5.41) is 13.9. The van der Waals surface area contributed by atoms with Gasteiger partial charge in [-0.2, -0.15) is 0 Å². The van der Waals surface area contributed by atoms with Crippen molar-refractivity contribution < 1.29 is 9.90 Å². The largest absolute Gasteiger partial charge is 0.481 e. The molecule has 0 fully saturated rings.